The fourth-order valence-corrected chi connectivity index (χ4v) is 5.37. The monoisotopic (exact) mass is 479 g/mol. The summed E-state index contributed by atoms with van der Waals surface area (Å²) in [5, 5.41) is 19.2. The molecule has 2 saturated heterocycles. The van der Waals surface area contributed by atoms with Crippen molar-refractivity contribution in [1.82, 2.24) is 29.6 Å². The van der Waals surface area contributed by atoms with Gasteiger partial charge in [-0.05, 0) is 37.6 Å². The minimum Gasteiger partial charge on any atom is -0.339 e. The SMILES string of the molecule is Cc1nc(N2CC3(C2)CN(c2nnc4n2-c2ccc(Cl)cc2CN(C(C)C#N)C4)C3)ncc1F. The lowest BCUT2D eigenvalue weighted by atomic mass is 9.73. The van der Waals surface area contributed by atoms with Crippen LogP contribution in [0.4, 0.5) is 16.3 Å². The van der Waals surface area contributed by atoms with E-state index < -0.39 is 0 Å². The molecule has 34 heavy (non-hydrogen) atoms. The van der Waals surface area contributed by atoms with Crippen molar-refractivity contribution in [2.24, 2.45) is 5.41 Å². The molecule has 0 saturated carbocycles. The second-order valence-electron chi connectivity index (χ2n) is 9.55. The molecule has 11 heteroatoms. The van der Waals surface area contributed by atoms with E-state index in [1.807, 2.05) is 25.1 Å². The van der Waals surface area contributed by atoms with E-state index >= 15 is 0 Å². The minimum absolute atomic E-state index is 0.146. The Morgan fingerprint density at radius 2 is 1.91 bits per heavy atom. The molecule has 3 aromatic rings. The first-order valence-corrected chi connectivity index (χ1v) is 11.6. The van der Waals surface area contributed by atoms with E-state index in [0.29, 0.717) is 29.8 Å². The third-order valence-corrected chi connectivity index (χ3v) is 7.26. The van der Waals surface area contributed by atoms with Crippen LogP contribution in [0.15, 0.2) is 24.4 Å². The van der Waals surface area contributed by atoms with Crippen LogP contribution >= 0.6 is 11.6 Å². The number of aromatic nitrogens is 5. The Labute approximate surface area is 201 Å². The van der Waals surface area contributed by atoms with Crippen molar-refractivity contribution in [2.45, 2.75) is 33.0 Å². The van der Waals surface area contributed by atoms with E-state index in [1.54, 1.807) is 6.92 Å². The molecular weight excluding hydrogens is 457 g/mol. The summed E-state index contributed by atoms with van der Waals surface area (Å²) in [6, 6.07) is 7.91. The highest BCUT2D eigenvalue weighted by atomic mass is 35.5. The van der Waals surface area contributed by atoms with Gasteiger partial charge in [-0.25, -0.2) is 14.4 Å². The Balaban J connectivity index is 1.24. The molecule has 174 valence electrons. The molecule has 6 rings (SSSR count). The molecule has 1 aromatic carbocycles. The van der Waals surface area contributed by atoms with Crippen LogP contribution in [-0.4, -0.2) is 61.9 Å². The Kier molecular flexibility index (Phi) is 4.76. The van der Waals surface area contributed by atoms with E-state index in [4.69, 9.17) is 11.6 Å². The van der Waals surface area contributed by atoms with Crippen LogP contribution in [0.25, 0.3) is 5.69 Å². The third-order valence-electron chi connectivity index (χ3n) is 7.03. The summed E-state index contributed by atoms with van der Waals surface area (Å²) in [6.07, 6.45) is 1.24. The molecule has 9 nitrogen and oxygen atoms in total. The van der Waals surface area contributed by atoms with Crippen LogP contribution in [0.2, 0.25) is 5.02 Å². The number of anilines is 2. The predicted octanol–water partition coefficient (Wildman–Crippen LogP) is 2.71. The van der Waals surface area contributed by atoms with Crippen molar-refractivity contribution in [3.05, 3.63) is 52.3 Å². The summed E-state index contributed by atoms with van der Waals surface area (Å²) in [5.41, 5.74) is 2.56. The van der Waals surface area contributed by atoms with Crippen LogP contribution in [0.5, 0.6) is 0 Å². The van der Waals surface area contributed by atoms with Crippen molar-refractivity contribution in [1.29, 1.82) is 5.26 Å². The molecule has 0 bridgehead atoms. The van der Waals surface area contributed by atoms with Crippen LogP contribution < -0.4 is 9.80 Å². The van der Waals surface area contributed by atoms with Gasteiger partial charge in [-0.3, -0.25) is 9.47 Å². The minimum atomic E-state index is -0.384. The maximum absolute atomic E-state index is 13.5. The molecule has 1 unspecified atom stereocenters. The first kappa shape index (κ1) is 21.3. The molecule has 2 fully saturated rings. The molecule has 0 radical (unpaired) electrons. The van der Waals surface area contributed by atoms with E-state index in [9.17, 15) is 9.65 Å². The number of hydrogen-bond donors (Lipinski definition) is 0. The topological polar surface area (TPSA) is 90.0 Å². The lowest BCUT2D eigenvalue weighted by Crippen LogP contribution is -2.73. The van der Waals surface area contributed by atoms with Gasteiger partial charge >= 0.3 is 0 Å². The molecule has 1 atom stereocenters. The fraction of sp³-hybridized carbons (Fsp3) is 0.435. The van der Waals surface area contributed by atoms with Crippen molar-refractivity contribution in [3.8, 4) is 11.8 Å². The van der Waals surface area contributed by atoms with Crippen LogP contribution in [0.3, 0.4) is 0 Å². The number of nitrogens with zero attached hydrogens (tertiary/aromatic N) is 9. The summed E-state index contributed by atoms with van der Waals surface area (Å²) in [4.78, 5) is 14.8. The van der Waals surface area contributed by atoms with Crippen molar-refractivity contribution >= 4 is 23.5 Å². The summed E-state index contributed by atoms with van der Waals surface area (Å²) >= 11 is 6.31. The Morgan fingerprint density at radius 3 is 2.65 bits per heavy atom. The Hall–Kier alpha value is -3.29. The number of benzene rings is 1. The largest absolute Gasteiger partial charge is 0.339 e. The second-order valence-corrected chi connectivity index (χ2v) is 9.99. The van der Waals surface area contributed by atoms with Gasteiger partial charge in [-0.15, -0.1) is 10.2 Å². The van der Waals surface area contributed by atoms with E-state index in [2.05, 4.69) is 45.5 Å². The first-order chi connectivity index (χ1) is 16.4. The van der Waals surface area contributed by atoms with E-state index in [-0.39, 0.29) is 17.3 Å². The zero-order chi connectivity index (χ0) is 23.6. The molecule has 0 aliphatic carbocycles. The van der Waals surface area contributed by atoms with Gasteiger partial charge < -0.3 is 9.80 Å². The number of rotatable bonds is 3. The van der Waals surface area contributed by atoms with Gasteiger partial charge in [0.2, 0.25) is 11.9 Å². The Bertz CT molecular complexity index is 1320. The highest BCUT2D eigenvalue weighted by molar-refractivity contribution is 6.30. The quantitative estimate of drug-likeness (QED) is 0.566. The molecule has 2 aromatic heterocycles. The van der Waals surface area contributed by atoms with Crippen LogP contribution in [0, 0.1) is 29.5 Å². The van der Waals surface area contributed by atoms with Gasteiger partial charge in [0.1, 0.15) is 0 Å². The smallest absolute Gasteiger partial charge is 0.231 e. The van der Waals surface area contributed by atoms with Gasteiger partial charge in [0.25, 0.3) is 0 Å². The van der Waals surface area contributed by atoms with Gasteiger partial charge in [-0.2, -0.15) is 5.26 Å². The number of halogens is 2. The van der Waals surface area contributed by atoms with Crippen molar-refractivity contribution in [2.75, 3.05) is 36.0 Å². The van der Waals surface area contributed by atoms with Gasteiger partial charge in [0.15, 0.2) is 11.6 Å². The number of nitriles is 1. The maximum Gasteiger partial charge on any atom is 0.231 e. The number of hydrogen-bond acceptors (Lipinski definition) is 8. The predicted molar refractivity (Wildman–Crippen MR) is 124 cm³/mol. The number of fused-ring (bicyclic) bond motifs is 3. The molecule has 5 heterocycles. The highest BCUT2D eigenvalue weighted by Crippen LogP contribution is 2.43. The van der Waals surface area contributed by atoms with Crippen molar-refractivity contribution in [3.63, 3.8) is 0 Å². The standard InChI is InChI=1S/C23H23ClFN9/c1-14(6-26)31-8-16-5-17(24)3-4-19(16)34-20(9-31)29-30-22(34)33-12-23(13-33)10-32(11-23)21-27-7-18(25)15(2)28-21/h3-5,7,14H,8-13H2,1-2H3. The summed E-state index contributed by atoms with van der Waals surface area (Å²) in [6.45, 7) is 8.05. The average molecular weight is 480 g/mol. The maximum atomic E-state index is 13.5. The van der Waals surface area contributed by atoms with Gasteiger partial charge in [0.05, 0.1) is 36.2 Å². The highest BCUT2D eigenvalue weighted by Gasteiger charge is 2.54. The number of aryl methyl sites for hydroxylation is 1. The Morgan fingerprint density at radius 1 is 1.15 bits per heavy atom. The fourth-order valence-electron chi connectivity index (χ4n) is 5.17. The lowest BCUT2D eigenvalue weighted by molar-refractivity contribution is 0.152. The zero-order valence-electron chi connectivity index (χ0n) is 18.9. The summed E-state index contributed by atoms with van der Waals surface area (Å²) in [5.74, 6) is 1.81. The van der Waals surface area contributed by atoms with Crippen molar-refractivity contribution < 1.29 is 4.39 Å². The average Bonchev–Trinajstić information content (AvgIpc) is 3.08. The third kappa shape index (κ3) is 3.30. The molecule has 1 spiro atoms. The van der Waals surface area contributed by atoms with E-state index in [0.717, 1.165) is 49.2 Å². The molecule has 0 amide bonds. The normalized spacial score (nSPS) is 19.5. The molecule has 0 N–H and O–H groups in total. The van der Waals surface area contributed by atoms with Gasteiger partial charge in [-0.1, -0.05) is 11.6 Å². The summed E-state index contributed by atoms with van der Waals surface area (Å²) in [7, 11) is 0. The van der Waals surface area contributed by atoms with Gasteiger partial charge in [0, 0.05) is 43.2 Å². The van der Waals surface area contributed by atoms with E-state index in [1.165, 1.54) is 6.20 Å². The van der Waals surface area contributed by atoms with Crippen LogP contribution in [-0.2, 0) is 13.1 Å². The second kappa shape index (κ2) is 7.61. The summed E-state index contributed by atoms with van der Waals surface area (Å²) < 4.78 is 15.6. The molecule has 3 aliphatic rings. The lowest BCUT2D eigenvalue weighted by Gasteiger charge is -2.60. The zero-order valence-corrected chi connectivity index (χ0v) is 19.7. The first-order valence-electron chi connectivity index (χ1n) is 11.2. The molecular formula is C23H23ClFN9. The van der Waals surface area contributed by atoms with Crippen LogP contribution in [0.1, 0.15) is 24.0 Å². The molecule has 3 aliphatic heterocycles.